The van der Waals surface area contributed by atoms with Crippen LogP contribution in [-0.4, -0.2) is 17.7 Å². The first kappa shape index (κ1) is 9.97. The molecule has 2 unspecified atom stereocenters. The van der Waals surface area contributed by atoms with Crippen LogP contribution in [-0.2, 0) is 4.79 Å². The second-order valence-corrected chi connectivity index (χ2v) is 5.74. The van der Waals surface area contributed by atoms with Crippen molar-refractivity contribution in [2.75, 3.05) is 11.9 Å². The number of fused-ring (bicyclic) bond motifs is 1. The summed E-state index contributed by atoms with van der Waals surface area (Å²) in [6.45, 7) is 3.80. The van der Waals surface area contributed by atoms with Crippen LogP contribution in [0.3, 0.4) is 0 Å². The first-order valence-corrected chi connectivity index (χ1v) is 6.19. The van der Waals surface area contributed by atoms with E-state index in [1.807, 2.05) is 31.3 Å². The van der Waals surface area contributed by atoms with Gasteiger partial charge in [-0.1, -0.05) is 18.2 Å². The smallest absolute Gasteiger partial charge is 0.243 e. The van der Waals surface area contributed by atoms with Crippen LogP contribution < -0.4 is 4.90 Å². The molecule has 0 bridgehead atoms. The van der Waals surface area contributed by atoms with Gasteiger partial charge < -0.3 is 4.90 Å². The number of hydrogen-bond acceptors (Lipinski definition) is 2. The summed E-state index contributed by atoms with van der Waals surface area (Å²) in [5.41, 5.74) is 1.03. The van der Waals surface area contributed by atoms with E-state index in [1.54, 1.807) is 16.7 Å². The highest BCUT2D eigenvalue weighted by molar-refractivity contribution is 8.02. The molecule has 0 N–H and O–H groups in total. The monoisotopic (exact) mass is 231 g/mol. The highest BCUT2D eigenvalue weighted by Crippen LogP contribution is 2.62. The molecular formula is C13H13NOS. The Labute approximate surface area is 99.3 Å². The topological polar surface area (TPSA) is 20.3 Å². The van der Waals surface area contributed by atoms with Crippen LogP contribution >= 0.6 is 11.8 Å². The zero-order valence-electron chi connectivity index (χ0n) is 9.14. The van der Waals surface area contributed by atoms with Crippen molar-refractivity contribution < 1.29 is 4.79 Å². The predicted octanol–water partition coefficient (Wildman–Crippen LogP) is 2.70. The first-order valence-electron chi connectivity index (χ1n) is 5.38. The number of carbonyl (C=O) groups is 1. The van der Waals surface area contributed by atoms with Crippen molar-refractivity contribution in [1.82, 2.24) is 0 Å². The largest absolute Gasteiger partial charge is 0.313 e. The van der Waals surface area contributed by atoms with Gasteiger partial charge >= 0.3 is 0 Å². The lowest BCUT2D eigenvalue weighted by Crippen LogP contribution is -2.40. The van der Waals surface area contributed by atoms with Gasteiger partial charge in [0.2, 0.25) is 5.91 Å². The van der Waals surface area contributed by atoms with Gasteiger partial charge in [0.25, 0.3) is 0 Å². The Bertz CT molecular complexity index is 485. The minimum Gasteiger partial charge on any atom is -0.313 e. The van der Waals surface area contributed by atoms with Gasteiger partial charge in [-0.3, -0.25) is 4.79 Å². The molecule has 2 nitrogen and oxygen atoms in total. The van der Waals surface area contributed by atoms with E-state index in [0.29, 0.717) is 5.92 Å². The van der Waals surface area contributed by atoms with Crippen molar-refractivity contribution in [3.63, 3.8) is 0 Å². The second kappa shape index (κ2) is 3.14. The van der Waals surface area contributed by atoms with Gasteiger partial charge in [0.05, 0.1) is 5.69 Å². The van der Waals surface area contributed by atoms with Gasteiger partial charge in [-0.2, -0.15) is 0 Å². The van der Waals surface area contributed by atoms with E-state index in [0.717, 1.165) is 12.1 Å². The van der Waals surface area contributed by atoms with E-state index >= 15 is 0 Å². The maximum Gasteiger partial charge on any atom is 0.243 e. The number of nitrogens with zero attached hydrogens (tertiary/aromatic N) is 1. The molecule has 1 spiro atoms. The number of hydrogen-bond donors (Lipinski definition) is 0. The Morgan fingerprint density at radius 1 is 1.56 bits per heavy atom. The molecule has 3 heteroatoms. The summed E-state index contributed by atoms with van der Waals surface area (Å²) in [6, 6.07) is 8.08. The molecule has 1 aliphatic carbocycles. The fraction of sp³-hybridized carbons (Fsp3) is 0.308. The highest BCUT2D eigenvalue weighted by atomic mass is 32.2. The SMILES string of the molecule is C=CC1CC12Sc1ccccc1N(C)C2=O. The summed E-state index contributed by atoms with van der Waals surface area (Å²) in [4.78, 5) is 15.3. The molecule has 1 saturated carbocycles. The molecule has 0 saturated heterocycles. The van der Waals surface area contributed by atoms with Crippen molar-refractivity contribution in [3.05, 3.63) is 36.9 Å². The van der Waals surface area contributed by atoms with Gasteiger partial charge in [-0.05, 0) is 18.6 Å². The normalized spacial score (nSPS) is 31.4. The number of para-hydroxylation sites is 1. The van der Waals surface area contributed by atoms with Gasteiger partial charge in [0.15, 0.2) is 0 Å². The van der Waals surface area contributed by atoms with E-state index < -0.39 is 0 Å². The Morgan fingerprint density at radius 3 is 3.00 bits per heavy atom. The highest BCUT2D eigenvalue weighted by Gasteiger charge is 2.62. The lowest BCUT2D eigenvalue weighted by Gasteiger charge is -2.31. The Morgan fingerprint density at radius 2 is 2.31 bits per heavy atom. The summed E-state index contributed by atoms with van der Waals surface area (Å²) in [5, 5.41) is 0. The third-order valence-electron chi connectivity index (χ3n) is 3.43. The van der Waals surface area contributed by atoms with Crippen molar-refractivity contribution in [2.24, 2.45) is 5.92 Å². The van der Waals surface area contributed by atoms with Crippen LogP contribution in [0.25, 0.3) is 0 Å². The maximum atomic E-state index is 12.3. The van der Waals surface area contributed by atoms with Crippen LogP contribution in [0.5, 0.6) is 0 Å². The molecule has 1 aromatic rings. The van der Waals surface area contributed by atoms with Crippen LogP contribution in [0.2, 0.25) is 0 Å². The summed E-state index contributed by atoms with van der Waals surface area (Å²) < 4.78 is -0.245. The first-order chi connectivity index (χ1) is 7.69. The quantitative estimate of drug-likeness (QED) is 0.693. The van der Waals surface area contributed by atoms with Gasteiger partial charge in [0.1, 0.15) is 4.75 Å². The molecule has 82 valence electrons. The van der Waals surface area contributed by atoms with E-state index in [9.17, 15) is 4.79 Å². The van der Waals surface area contributed by atoms with Crippen LogP contribution in [0.4, 0.5) is 5.69 Å². The fourth-order valence-corrected chi connectivity index (χ4v) is 3.94. The number of carbonyl (C=O) groups excluding carboxylic acids is 1. The van der Waals surface area contributed by atoms with Crippen molar-refractivity contribution in [2.45, 2.75) is 16.1 Å². The van der Waals surface area contributed by atoms with E-state index in [-0.39, 0.29) is 10.7 Å². The fourth-order valence-electron chi connectivity index (χ4n) is 2.36. The Hall–Kier alpha value is -1.22. The predicted molar refractivity (Wildman–Crippen MR) is 66.7 cm³/mol. The van der Waals surface area contributed by atoms with Crippen molar-refractivity contribution in [1.29, 1.82) is 0 Å². The molecule has 1 heterocycles. The minimum absolute atomic E-state index is 0.223. The number of benzene rings is 1. The van der Waals surface area contributed by atoms with Crippen molar-refractivity contribution >= 4 is 23.4 Å². The molecular weight excluding hydrogens is 218 g/mol. The third kappa shape index (κ3) is 1.12. The molecule has 16 heavy (non-hydrogen) atoms. The molecule has 1 aromatic carbocycles. The number of amides is 1. The number of rotatable bonds is 1. The summed E-state index contributed by atoms with van der Waals surface area (Å²) in [7, 11) is 1.86. The molecule has 0 aromatic heterocycles. The number of allylic oxidation sites excluding steroid dienone is 1. The van der Waals surface area contributed by atoms with E-state index in [2.05, 4.69) is 12.6 Å². The molecule has 1 amide bonds. The molecule has 2 atom stereocenters. The third-order valence-corrected chi connectivity index (χ3v) is 5.01. The molecule has 1 fully saturated rings. The number of anilines is 1. The summed E-state index contributed by atoms with van der Waals surface area (Å²) >= 11 is 1.71. The van der Waals surface area contributed by atoms with Gasteiger partial charge in [0, 0.05) is 17.9 Å². The maximum absolute atomic E-state index is 12.3. The standard InChI is InChI=1S/C13H13NOS/c1-3-9-8-13(9)12(15)14(2)10-6-4-5-7-11(10)16-13/h3-7,9H,1,8H2,2H3. The zero-order chi connectivity index (χ0) is 11.3. The Kier molecular flexibility index (Phi) is 1.96. The van der Waals surface area contributed by atoms with E-state index in [4.69, 9.17) is 0 Å². The van der Waals surface area contributed by atoms with Crippen LogP contribution in [0.1, 0.15) is 6.42 Å². The average Bonchev–Trinajstić information content (AvgIpc) is 3.01. The van der Waals surface area contributed by atoms with E-state index in [1.165, 1.54) is 4.90 Å². The zero-order valence-corrected chi connectivity index (χ0v) is 9.96. The van der Waals surface area contributed by atoms with Crippen molar-refractivity contribution in [3.8, 4) is 0 Å². The average molecular weight is 231 g/mol. The van der Waals surface area contributed by atoms with Gasteiger partial charge in [-0.15, -0.1) is 18.3 Å². The minimum atomic E-state index is -0.245. The Balaban J connectivity index is 2.07. The van der Waals surface area contributed by atoms with Gasteiger partial charge in [-0.25, -0.2) is 0 Å². The molecule has 2 aliphatic rings. The van der Waals surface area contributed by atoms with Crippen LogP contribution in [0.15, 0.2) is 41.8 Å². The lowest BCUT2D eigenvalue weighted by molar-refractivity contribution is -0.118. The summed E-state index contributed by atoms with van der Waals surface area (Å²) in [6.07, 6.45) is 2.84. The molecule has 1 aliphatic heterocycles. The van der Waals surface area contributed by atoms with Crippen LogP contribution in [0, 0.1) is 5.92 Å². The lowest BCUT2D eigenvalue weighted by atomic mass is 10.2. The second-order valence-electron chi connectivity index (χ2n) is 4.37. The number of thioether (sulfide) groups is 1. The molecule has 3 rings (SSSR count). The summed E-state index contributed by atoms with van der Waals surface area (Å²) in [5.74, 6) is 0.557. The molecule has 0 radical (unpaired) electrons.